The average molecular weight is 459 g/mol. The molecule has 2 N–H and O–H groups in total. The van der Waals surface area contributed by atoms with Gasteiger partial charge < -0.3 is 9.47 Å². The first kappa shape index (κ1) is 24.5. The van der Waals surface area contributed by atoms with Crippen LogP contribution >= 0.6 is 0 Å². The quantitative estimate of drug-likeness (QED) is 0.312. The standard InChI is InChI=1S/C27H30N4O3/c1-19(2)33-25-11-7-5-9-22(25)17-28-30-24-15-13-21(14-16-24)27(32)31-29-18-23-10-6-8-12-26(23)34-20(3)4/h5-20,30H,1-4H3,(H,31,32)/b28-17+,29-18+. The number of hydrazone groups is 2. The minimum absolute atomic E-state index is 0.0451. The second-order valence-electron chi connectivity index (χ2n) is 8.06. The average Bonchev–Trinajstić information content (AvgIpc) is 2.81. The number of para-hydroxylation sites is 2. The lowest BCUT2D eigenvalue weighted by atomic mass is 10.2. The van der Waals surface area contributed by atoms with E-state index in [9.17, 15) is 4.79 Å². The molecule has 0 saturated heterocycles. The highest BCUT2D eigenvalue weighted by molar-refractivity contribution is 5.95. The minimum Gasteiger partial charge on any atom is -0.490 e. The van der Waals surface area contributed by atoms with E-state index in [0.717, 1.165) is 22.6 Å². The summed E-state index contributed by atoms with van der Waals surface area (Å²) in [6.07, 6.45) is 3.40. The molecule has 0 saturated carbocycles. The number of rotatable bonds is 10. The number of hydrogen-bond acceptors (Lipinski definition) is 6. The molecule has 7 nitrogen and oxygen atoms in total. The second kappa shape index (κ2) is 12.2. The van der Waals surface area contributed by atoms with Gasteiger partial charge in [-0.25, -0.2) is 5.43 Å². The monoisotopic (exact) mass is 458 g/mol. The van der Waals surface area contributed by atoms with Gasteiger partial charge in [0.1, 0.15) is 11.5 Å². The molecule has 3 aromatic rings. The molecule has 1 amide bonds. The van der Waals surface area contributed by atoms with Crippen LogP contribution in [-0.2, 0) is 0 Å². The van der Waals surface area contributed by atoms with E-state index in [1.807, 2.05) is 76.2 Å². The topological polar surface area (TPSA) is 84.3 Å². The number of benzene rings is 3. The zero-order valence-electron chi connectivity index (χ0n) is 19.9. The Morgan fingerprint density at radius 1 is 0.735 bits per heavy atom. The molecule has 3 aromatic carbocycles. The van der Waals surface area contributed by atoms with Crippen LogP contribution in [0, 0.1) is 0 Å². The Labute approximate surface area is 200 Å². The molecule has 0 aliphatic carbocycles. The third-order valence-corrected chi connectivity index (χ3v) is 4.48. The number of carbonyl (C=O) groups excluding carboxylic acids is 1. The van der Waals surface area contributed by atoms with Crippen LogP contribution in [0.3, 0.4) is 0 Å². The highest BCUT2D eigenvalue weighted by Crippen LogP contribution is 2.18. The minimum atomic E-state index is -0.312. The van der Waals surface area contributed by atoms with Crippen molar-refractivity contribution in [1.82, 2.24) is 5.43 Å². The van der Waals surface area contributed by atoms with Crippen molar-refractivity contribution in [3.8, 4) is 11.5 Å². The van der Waals surface area contributed by atoms with Crippen LogP contribution in [0.1, 0.15) is 49.2 Å². The first-order valence-corrected chi connectivity index (χ1v) is 11.2. The predicted octanol–water partition coefficient (Wildman–Crippen LogP) is 5.47. The number of nitrogens with zero attached hydrogens (tertiary/aromatic N) is 2. The molecular formula is C27H30N4O3. The number of anilines is 1. The SMILES string of the molecule is CC(C)Oc1ccccc1/C=N/NC(=O)c1ccc(N/N=C/c2ccccc2OC(C)C)cc1. The van der Waals surface area contributed by atoms with E-state index < -0.39 is 0 Å². The molecule has 0 bridgehead atoms. The molecule has 34 heavy (non-hydrogen) atoms. The van der Waals surface area contributed by atoms with Crippen molar-refractivity contribution in [1.29, 1.82) is 0 Å². The van der Waals surface area contributed by atoms with E-state index >= 15 is 0 Å². The lowest BCUT2D eigenvalue weighted by Crippen LogP contribution is -2.17. The van der Waals surface area contributed by atoms with Gasteiger partial charge in [-0.15, -0.1) is 0 Å². The highest BCUT2D eigenvalue weighted by atomic mass is 16.5. The molecule has 0 aromatic heterocycles. The Hall–Kier alpha value is -4.13. The van der Waals surface area contributed by atoms with Crippen LogP contribution in [0.25, 0.3) is 0 Å². The zero-order valence-corrected chi connectivity index (χ0v) is 19.9. The Kier molecular flexibility index (Phi) is 8.80. The van der Waals surface area contributed by atoms with Crippen LogP contribution in [0.15, 0.2) is 83.0 Å². The Morgan fingerprint density at radius 2 is 1.24 bits per heavy atom. The maximum atomic E-state index is 12.4. The Balaban J connectivity index is 1.56. The van der Waals surface area contributed by atoms with Crippen LogP contribution in [-0.4, -0.2) is 30.5 Å². The van der Waals surface area contributed by atoms with Crippen molar-refractivity contribution in [2.45, 2.75) is 39.9 Å². The molecule has 0 spiro atoms. The van der Waals surface area contributed by atoms with E-state index in [1.165, 1.54) is 0 Å². The third kappa shape index (κ3) is 7.48. The summed E-state index contributed by atoms with van der Waals surface area (Å²) in [6, 6.07) is 22.2. The predicted molar refractivity (Wildman–Crippen MR) is 137 cm³/mol. The lowest BCUT2D eigenvalue weighted by molar-refractivity contribution is 0.0955. The van der Waals surface area contributed by atoms with Gasteiger partial charge in [0.15, 0.2) is 0 Å². The maximum Gasteiger partial charge on any atom is 0.271 e. The van der Waals surface area contributed by atoms with E-state index in [4.69, 9.17) is 9.47 Å². The molecule has 0 heterocycles. The number of nitrogens with one attached hydrogen (secondary N) is 2. The molecule has 0 fully saturated rings. The van der Waals surface area contributed by atoms with Gasteiger partial charge in [-0.1, -0.05) is 24.3 Å². The van der Waals surface area contributed by atoms with Crippen molar-refractivity contribution in [3.05, 3.63) is 89.5 Å². The van der Waals surface area contributed by atoms with Gasteiger partial charge in [-0.2, -0.15) is 10.2 Å². The molecule has 3 rings (SSSR count). The van der Waals surface area contributed by atoms with Gasteiger partial charge in [0.2, 0.25) is 0 Å². The number of amides is 1. The van der Waals surface area contributed by atoms with Crippen LogP contribution in [0.2, 0.25) is 0 Å². The molecular weight excluding hydrogens is 428 g/mol. The summed E-state index contributed by atoms with van der Waals surface area (Å²) in [6.45, 7) is 7.88. The smallest absolute Gasteiger partial charge is 0.271 e. The summed E-state index contributed by atoms with van der Waals surface area (Å²) in [5, 5.41) is 8.34. The largest absolute Gasteiger partial charge is 0.490 e. The first-order valence-electron chi connectivity index (χ1n) is 11.2. The summed E-state index contributed by atoms with van der Waals surface area (Å²) < 4.78 is 11.5. The van der Waals surface area contributed by atoms with Gasteiger partial charge in [0.05, 0.1) is 30.3 Å². The van der Waals surface area contributed by atoms with Crippen molar-refractivity contribution in [3.63, 3.8) is 0 Å². The first-order chi connectivity index (χ1) is 16.4. The lowest BCUT2D eigenvalue weighted by Gasteiger charge is -2.11. The molecule has 7 heteroatoms. The van der Waals surface area contributed by atoms with Crippen molar-refractivity contribution in [2.75, 3.05) is 5.43 Å². The van der Waals surface area contributed by atoms with Crippen molar-refractivity contribution < 1.29 is 14.3 Å². The summed E-state index contributed by atoms with van der Waals surface area (Å²) in [4.78, 5) is 12.4. The van der Waals surface area contributed by atoms with E-state index in [2.05, 4.69) is 21.1 Å². The number of hydrogen-bond donors (Lipinski definition) is 2. The molecule has 0 atom stereocenters. The third-order valence-electron chi connectivity index (χ3n) is 4.48. The summed E-state index contributed by atoms with van der Waals surface area (Å²) in [7, 11) is 0. The number of ether oxygens (including phenoxy) is 2. The van der Waals surface area contributed by atoms with Gasteiger partial charge in [-0.05, 0) is 76.2 Å². The Morgan fingerprint density at radius 3 is 1.76 bits per heavy atom. The highest BCUT2D eigenvalue weighted by Gasteiger charge is 2.06. The fourth-order valence-electron chi connectivity index (χ4n) is 2.99. The summed E-state index contributed by atoms with van der Waals surface area (Å²) >= 11 is 0. The van der Waals surface area contributed by atoms with E-state index in [1.54, 1.807) is 36.7 Å². The van der Waals surface area contributed by atoms with Gasteiger partial charge in [-0.3, -0.25) is 10.2 Å². The number of carbonyl (C=O) groups is 1. The summed E-state index contributed by atoms with van der Waals surface area (Å²) in [5.41, 5.74) is 8.40. The molecule has 0 aliphatic heterocycles. The Bertz CT molecular complexity index is 1140. The van der Waals surface area contributed by atoms with E-state index in [-0.39, 0.29) is 18.1 Å². The molecule has 0 aliphatic rings. The van der Waals surface area contributed by atoms with Gasteiger partial charge in [0, 0.05) is 16.7 Å². The normalized spacial score (nSPS) is 11.4. The van der Waals surface area contributed by atoms with Gasteiger partial charge in [0.25, 0.3) is 5.91 Å². The summed E-state index contributed by atoms with van der Waals surface area (Å²) in [5.74, 6) is 1.17. The maximum absolute atomic E-state index is 12.4. The fraction of sp³-hybridized carbons (Fsp3) is 0.222. The van der Waals surface area contributed by atoms with Gasteiger partial charge >= 0.3 is 0 Å². The van der Waals surface area contributed by atoms with Crippen LogP contribution in [0.5, 0.6) is 11.5 Å². The fourth-order valence-corrected chi connectivity index (χ4v) is 2.99. The van der Waals surface area contributed by atoms with Crippen LogP contribution in [0.4, 0.5) is 5.69 Å². The molecule has 0 radical (unpaired) electrons. The van der Waals surface area contributed by atoms with E-state index in [0.29, 0.717) is 11.3 Å². The molecule has 176 valence electrons. The van der Waals surface area contributed by atoms with Crippen molar-refractivity contribution in [2.24, 2.45) is 10.2 Å². The molecule has 0 unspecified atom stereocenters. The second-order valence-corrected chi connectivity index (χ2v) is 8.06. The van der Waals surface area contributed by atoms with Crippen LogP contribution < -0.4 is 20.3 Å². The zero-order chi connectivity index (χ0) is 24.3. The van der Waals surface area contributed by atoms with Crippen molar-refractivity contribution >= 4 is 24.0 Å².